The summed E-state index contributed by atoms with van der Waals surface area (Å²) in [7, 11) is 1.75. The zero-order valence-electron chi connectivity index (χ0n) is 12.6. The zero-order valence-corrected chi connectivity index (χ0v) is 12.6. The third-order valence-electron chi connectivity index (χ3n) is 2.70. The van der Waals surface area contributed by atoms with Crippen LogP contribution in [0.15, 0.2) is 24.3 Å². The standard InChI is InChI=1S/C15H23N3O2/c1-11(2)16-14(19)9-18(4)10-15(20)17-13-8-6-5-7-12(13)3/h5-8,11H,9-10H2,1-4H3,(H,16,19)(H,17,20). The van der Waals surface area contributed by atoms with Gasteiger partial charge in [0.25, 0.3) is 0 Å². The van der Waals surface area contributed by atoms with Crippen molar-refractivity contribution in [1.29, 1.82) is 0 Å². The third kappa shape index (κ3) is 5.84. The molecule has 0 spiro atoms. The number of aryl methyl sites for hydroxylation is 1. The highest BCUT2D eigenvalue weighted by atomic mass is 16.2. The van der Waals surface area contributed by atoms with Crippen LogP contribution in [0.5, 0.6) is 0 Å². The first kappa shape index (κ1) is 16.2. The molecule has 5 nitrogen and oxygen atoms in total. The number of nitrogens with zero attached hydrogens (tertiary/aromatic N) is 1. The Morgan fingerprint density at radius 2 is 1.75 bits per heavy atom. The van der Waals surface area contributed by atoms with E-state index in [1.807, 2.05) is 45.0 Å². The average molecular weight is 277 g/mol. The van der Waals surface area contributed by atoms with Gasteiger partial charge >= 0.3 is 0 Å². The highest BCUT2D eigenvalue weighted by Crippen LogP contribution is 2.12. The molecular weight excluding hydrogens is 254 g/mol. The Hall–Kier alpha value is -1.88. The van der Waals surface area contributed by atoms with Crippen molar-refractivity contribution in [2.75, 3.05) is 25.5 Å². The van der Waals surface area contributed by atoms with Crippen LogP contribution >= 0.6 is 0 Å². The second kappa shape index (κ2) is 7.65. The SMILES string of the molecule is Cc1ccccc1NC(=O)CN(C)CC(=O)NC(C)C. The Kier molecular flexibility index (Phi) is 6.18. The summed E-state index contributed by atoms with van der Waals surface area (Å²) < 4.78 is 0. The molecule has 5 heteroatoms. The first-order valence-electron chi connectivity index (χ1n) is 6.72. The van der Waals surface area contributed by atoms with E-state index in [-0.39, 0.29) is 30.9 Å². The number of anilines is 1. The highest BCUT2D eigenvalue weighted by molar-refractivity contribution is 5.93. The van der Waals surface area contributed by atoms with Crippen molar-refractivity contribution in [1.82, 2.24) is 10.2 Å². The molecule has 20 heavy (non-hydrogen) atoms. The Morgan fingerprint density at radius 3 is 2.35 bits per heavy atom. The topological polar surface area (TPSA) is 61.4 Å². The van der Waals surface area contributed by atoms with Crippen molar-refractivity contribution in [3.8, 4) is 0 Å². The number of hydrogen-bond donors (Lipinski definition) is 2. The van der Waals surface area contributed by atoms with Gasteiger partial charge in [-0.1, -0.05) is 18.2 Å². The number of hydrogen-bond acceptors (Lipinski definition) is 3. The smallest absolute Gasteiger partial charge is 0.238 e. The first-order valence-corrected chi connectivity index (χ1v) is 6.72. The number of nitrogens with one attached hydrogen (secondary N) is 2. The van der Waals surface area contributed by atoms with E-state index in [2.05, 4.69) is 10.6 Å². The Labute approximate surface area is 120 Å². The maximum absolute atomic E-state index is 11.9. The second-order valence-corrected chi connectivity index (χ2v) is 5.26. The number of carbonyl (C=O) groups excluding carboxylic acids is 2. The van der Waals surface area contributed by atoms with E-state index in [4.69, 9.17) is 0 Å². The van der Waals surface area contributed by atoms with Crippen LogP contribution in [0.2, 0.25) is 0 Å². The summed E-state index contributed by atoms with van der Waals surface area (Å²) >= 11 is 0. The van der Waals surface area contributed by atoms with Crippen LogP contribution in [0.3, 0.4) is 0 Å². The van der Waals surface area contributed by atoms with Crippen molar-refractivity contribution < 1.29 is 9.59 Å². The third-order valence-corrected chi connectivity index (χ3v) is 2.70. The van der Waals surface area contributed by atoms with Gasteiger partial charge in [-0.05, 0) is 39.4 Å². The summed E-state index contributed by atoms with van der Waals surface area (Å²) in [5, 5.41) is 5.64. The van der Waals surface area contributed by atoms with Gasteiger partial charge in [0.05, 0.1) is 13.1 Å². The number of benzene rings is 1. The molecule has 1 rings (SSSR count). The van der Waals surface area contributed by atoms with Crippen molar-refractivity contribution >= 4 is 17.5 Å². The zero-order chi connectivity index (χ0) is 15.1. The molecule has 0 heterocycles. The van der Waals surface area contributed by atoms with Gasteiger partial charge < -0.3 is 10.6 Å². The minimum atomic E-state index is -0.126. The second-order valence-electron chi connectivity index (χ2n) is 5.26. The summed E-state index contributed by atoms with van der Waals surface area (Å²) in [6.45, 7) is 6.14. The molecule has 0 fully saturated rings. The summed E-state index contributed by atoms with van der Waals surface area (Å²) in [6, 6.07) is 7.71. The summed E-state index contributed by atoms with van der Waals surface area (Å²) in [5.41, 5.74) is 1.82. The molecule has 0 aliphatic rings. The van der Waals surface area contributed by atoms with E-state index < -0.39 is 0 Å². The Bertz CT molecular complexity index is 472. The largest absolute Gasteiger partial charge is 0.353 e. The van der Waals surface area contributed by atoms with Crippen LogP contribution in [0, 0.1) is 6.92 Å². The van der Waals surface area contributed by atoms with Crippen LogP contribution in [-0.2, 0) is 9.59 Å². The molecule has 1 aromatic rings. The molecule has 0 saturated heterocycles. The molecule has 0 atom stereocenters. The van der Waals surface area contributed by atoms with Gasteiger partial charge in [0.15, 0.2) is 0 Å². The fraction of sp³-hybridized carbons (Fsp3) is 0.467. The number of rotatable bonds is 6. The van der Waals surface area contributed by atoms with Gasteiger partial charge in [0.1, 0.15) is 0 Å². The predicted molar refractivity (Wildman–Crippen MR) is 80.6 cm³/mol. The quantitative estimate of drug-likeness (QED) is 0.826. The number of para-hydroxylation sites is 1. The fourth-order valence-electron chi connectivity index (χ4n) is 1.82. The molecule has 0 aliphatic carbocycles. The van der Waals surface area contributed by atoms with E-state index in [9.17, 15) is 9.59 Å². The predicted octanol–water partition coefficient (Wildman–Crippen LogP) is 1.39. The lowest BCUT2D eigenvalue weighted by molar-refractivity contribution is -0.123. The molecule has 1 aromatic carbocycles. The van der Waals surface area contributed by atoms with Gasteiger partial charge in [0.2, 0.25) is 11.8 Å². The van der Waals surface area contributed by atoms with E-state index in [1.54, 1.807) is 11.9 Å². The molecule has 0 bridgehead atoms. The van der Waals surface area contributed by atoms with Crippen molar-refractivity contribution in [2.24, 2.45) is 0 Å². The van der Waals surface area contributed by atoms with Crippen LogP contribution in [0.1, 0.15) is 19.4 Å². The summed E-state index contributed by atoms with van der Waals surface area (Å²) in [5.74, 6) is -0.203. The Morgan fingerprint density at radius 1 is 1.15 bits per heavy atom. The molecule has 0 unspecified atom stereocenters. The van der Waals surface area contributed by atoms with Gasteiger partial charge in [0, 0.05) is 11.7 Å². The van der Waals surface area contributed by atoms with Crippen molar-refractivity contribution in [3.63, 3.8) is 0 Å². The van der Waals surface area contributed by atoms with Gasteiger partial charge in [-0.25, -0.2) is 0 Å². The minimum Gasteiger partial charge on any atom is -0.353 e. The summed E-state index contributed by atoms with van der Waals surface area (Å²) in [6.07, 6.45) is 0. The van der Waals surface area contributed by atoms with Gasteiger partial charge in [-0.3, -0.25) is 14.5 Å². The molecule has 0 saturated carbocycles. The van der Waals surface area contributed by atoms with E-state index in [1.165, 1.54) is 0 Å². The lowest BCUT2D eigenvalue weighted by atomic mass is 10.2. The lowest BCUT2D eigenvalue weighted by Crippen LogP contribution is -2.41. The van der Waals surface area contributed by atoms with Gasteiger partial charge in [-0.15, -0.1) is 0 Å². The fourth-order valence-corrected chi connectivity index (χ4v) is 1.82. The lowest BCUT2D eigenvalue weighted by Gasteiger charge is -2.17. The van der Waals surface area contributed by atoms with Crippen molar-refractivity contribution in [3.05, 3.63) is 29.8 Å². The van der Waals surface area contributed by atoms with Crippen LogP contribution in [0.25, 0.3) is 0 Å². The molecule has 0 aliphatic heterocycles. The highest BCUT2D eigenvalue weighted by Gasteiger charge is 2.11. The van der Waals surface area contributed by atoms with E-state index in [0.29, 0.717) is 0 Å². The maximum Gasteiger partial charge on any atom is 0.238 e. The Balaban J connectivity index is 2.42. The number of amides is 2. The maximum atomic E-state index is 11.9. The molecule has 2 amide bonds. The number of carbonyl (C=O) groups is 2. The first-order chi connectivity index (χ1) is 9.38. The molecule has 0 radical (unpaired) electrons. The number of likely N-dealkylation sites (N-methyl/N-ethyl adjacent to an activating group) is 1. The van der Waals surface area contributed by atoms with Crippen LogP contribution < -0.4 is 10.6 Å². The van der Waals surface area contributed by atoms with Crippen LogP contribution in [-0.4, -0.2) is 42.9 Å². The van der Waals surface area contributed by atoms with E-state index >= 15 is 0 Å². The minimum absolute atomic E-state index is 0.0776. The van der Waals surface area contributed by atoms with Gasteiger partial charge in [-0.2, -0.15) is 0 Å². The monoisotopic (exact) mass is 277 g/mol. The average Bonchev–Trinajstić information content (AvgIpc) is 2.30. The normalized spacial score (nSPS) is 10.7. The molecular formula is C15H23N3O2. The van der Waals surface area contributed by atoms with Crippen molar-refractivity contribution in [2.45, 2.75) is 26.8 Å². The van der Waals surface area contributed by atoms with E-state index in [0.717, 1.165) is 11.3 Å². The molecule has 2 N–H and O–H groups in total. The summed E-state index contributed by atoms with van der Waals surface area (Å²) in [4.78, 5) is 25.2. The molecule has 0 aromatic heterocycles. The van der Waals surface area contributed by atoms with Crippen LogP contribution in [0.4, 0.5) is 5.69 Å². The molecule has 110 valence electrons.